The summed E-state index contributed by atoms with van der Waals surface area (Å²) < 4.78 is 19.3. The summed E-state index contributed by atoms with van der Waals surface area (Å²) in [6.45, 7) is 1.91. The molecule has 4 rings (SSSR count). The molecule has 2 aromatic carbocycles. The number of carbonyl (C=O) groups excluding carboxylic acids is 1. The minimum atomic E-state index is -0.407. The molecule has 172 valence electrons. The highest BCUT2D eigenvalue weighted by Gasteiger charge is 2.22. The molecule has 0 aliphatic carbocycles. The van der Waals surface area contributed by atoms with Crippen molar-refractivity contribution in [2.45, 2.75) is 13.5 Å². The van der Waals surface area contributed by atoms with Crippen molar-refractivity contribution in [2.75, 3.05) is 12.8 Å². The number of nitrogens with zero attached hydrogens (tertiary/aromatic N) is 3. The second-order valence-electron chi connectivity index (χ2n) is 7.50. The Hall–Kier alpha value is -4.04. The Balaban J connectivity index is 1.91. The molecule has 4 aromatic rings. The SMILES string of the molecule is COc1c(N)cc(-c2ccc(F)cc2)c(-c2cc(C)nc(Cl)c2)c1CNC(=O)c1cnccn1. The zero-order chi connectivity index (χ0) is 24.2. The number of carbonyl (C=O) groups is 1. The predicted molar refractivity (Wildman–Crippen MR) is 129 cm³/mol. The molecule has 2 aromatic heterocycles. The summed E-state index contributed by atoms with van der Waals surface area (Å²) in [5.74, 6) is -0.354. The number of anilines is 1. The number of amides is 1. The number of benzene rings is 2. The number of nitrogens with two attached hydrogens (primary N) is 1. The zero-order valence-electron chi connectivity index (χ0n) is 18.5. The average Bonchev–Trinajstić information content (AvgIpc) is 2.82. The van der Waals surface area contributed by atoms with E-state index in [1.165, 1.54) is 37.8 Å². The lowest BCUT2D eigenvalue weighted by atomic mass is 9.89. The van der Waals surface area contributed by atoms with Crippen LogP contribution in [0.5, 0.6) is 5.75 Å². The number of rotatable bonds is 6. The maximum atomic E-state index is 13.7. The van der Waals surface area contributed by atoms with Crippen LogP contribution in [-0.4, -0.2) is 28.0 Å². The van der Waals surface area contributed by atoms with Crippen LogP contribution < -0.4 is 15.8 Å². The van der Waals surface area contributed by atoms with E-state index in [1.807, 2.05) is 13.0 Å². The van der Waals surface area contributed by atoms with Gasteiger partial charge in [-0.2, -0.15) is 0 Å². The van der Waals surface area contributed by atoms with Gasteiger partial charge in [-0.1, -0.05) is 23.7 Å². The molecule has 0 aliphatic rings. The minimum absolute atomic E-state index is 0.0755. The second-order valence-corrected chi connectivity index (χ2v) is 7.89. The Morgan fingerprint density at radius 2 is 1.91 bits per heavy atom. The third-order valence-electron chi connectivity index (χ3n) is 5.20. The van der Waals surface area contributed by atoms with Gasteiger partial charge in [0.2, 0.25) is 0 Å². The largest absolute Gasteiger partial charge is 0.494 e. The van der Waals surface area contributed by atoms with Gasteiger partial charge in [0, 0.05) is 30.2 Å². The number of pyridine rings is 1. The van der Waals surface area contributed by atoms with Gasteiger partial charge < -0.3 is 15.8 Å². The summed E-state index contributed by atoms with van der Waals surface area (Å²) in [6.07, 6.45) is 4.30. The lowest BCUT2D eigenvalue weighted by Gasteiger charge is -2.21. The van der Waals surface area contributed by atoms with Crippen molar-refractivity contribution < 1.29 is 13.9 Å². The summed E-state index contributed by atoms with van der Waals surface area (Å²) in [6, 6.07) is 11.4. The van der Waals surface area contributed by atoms with Crippen LogP contribution in [-0.2, 0) is 6.54 Å². The number of aromatic nitrogens is 3. The Bertz CT molecular complexity index is 1330. The van der Waals surface area contributed by atoms with Crippen molar-refractivity contribution >= 4 is 23.2 Å². The molecule has 1 amide bonds. The first-order valence-corrected chi connectivity index (χ1v) is 10.7. The maximum Gasteiger partial charge on any atom is 0.271 e. The van der Waals surface area contributed by atoms with Crippen molar-refractivity contribution in [3.05, 3.63) is 89.0 Å². The first-order valence-electron chi connectivity index (χ1n) is 10.3. The highest BCUT2D eigenvalue weighted by molar-refractivity contribution is 6.29. The van der Waals surface area contributed by atoms with Gasteiger partial charge in [0.15, 0.2) is 0 Å². The number of hydrogen-bond acceptors (Lipinski definition) is 6. The molecule has 0 unspecified atom stereocenters. The molecule has 0 aliphatic heterocycles. The van der Waals surface area contributed by atoms with Gasteiger partial charge in [-0.15, -0.1) is 0 Å². The molecular formula is C25H21ClFN5O2. The number of ether oxygens (including phenoxy) is 1. The Morgan fingerprint density at radius 3 is 2.56 bits per heavy atom. The molecule has 0 fully saturated rings. The molecule has 2 heterocycles. The lowest BCUT2D eigenvalue weighted by Crippen LogP contribution is -2.24. The molecule has 0 bridgehead atoms. The van der Waals surface area contributed by atoms with E-state index in [9.17, 15) is 9.18 Å². The van der Waals surface area contributed by atoms with Gasteiger partial charge in [-0.05, 0) is 59.5 Å². The van der Waals surface area contributed by atoms with Crippen molar-refractivity contribution in [1.29, 1.82) is 0 Å². The van der Waals surface area contributed by atoms with Crippen molar-refractivity contribution in [2.24, 2.45) is 0 Å². The van der Waals surface area contributed by atoms with E-state index < -0.39 is 5.91 Å². The monoisotopic (exact) mass is 477 g/mol. The molecular weight excluding hydrogens is 457 g/mol. The average molecular weight is 478 g/mol. The van der Waals surface area contributed by atoms with E-state index in [1.54, 1.807) is 24.3 Å². The molecule has 3 N–H and O–H groups in total. The number of aryl methyl sites for hydroxylation is 1. The smallest absolute Gasteiger partial charge is 0.271 e. The normalized spacial score (nSPS) is 10.7. The summed E-state index contributed by atoms with van der Waals surface area (Å²) >= 11 is 6.28. The number of hydrogen-bond donors (Lipinski definition) is 2. The molecule has 0 spiro atoms. The van der Waals surface area contributed by atoms with E-state index in [0.29, 0.717) is 27.8 Å². The van der Waals surface area contributed by atoms with Gasteiger partial charge in [0.25, 0.3) is 5.91 Å². The Morgan fingerprint density at radius 1 is 1.15 bits per heavy atom. The second kappa shape index (κ2) is 9.84. The molecule has 34 heavy (non-hydrogen) atoms. The predicted octanol–water partition coefficient (Wildman–Crippen LogP) is 4.83. The number of nitrogens with one attached hydrogen (secondary N) is 1. The van der Waals surface area contributed by atoms with Crippen LogP contribution in [0.25, 0.3) is 22.3 Å². The number of methoxy groups -OCH3 is 1. The first-order chi connectivity index (χ1) is 16.4. The van der Waals surface area contributed by atoms with Gasteiger partial charge in [0.1, 0.15) is 22.4 Å². The van der Waals surface area contributed by atoms with E-state index >= 15 is 0 Å². The fourth-order valence-electron chi connectivity index (χ4n) is 3.79. The van der Waals surface area contributed by atoms with Crippen LogP contribution in [0.3, 0.4) is 0 Å². The summed E-state index contributed by atoms with van der Waals surface area (Å²) in [4.78, 5) is 24.9. The van der Waals surface area contributed by atoms with Crippen LogP contribution in [0.15, 0.2) is 61.1 Å². The highest BCUT2D eigenvalue weighted by atomic mass is 35.5. The Kier molecular flexibility index (Phi) is 6.70. The van der Waals surface area contributed by atoms with Crippen LogP contribution in [0.2, 0.25) is 5.15 Å². The standard InChI is InChI=1S/C25H21ClFN5O2/c1-14-9-16(10-22(26)32-14)23-18(15-3-5-17(27)6-4-15)11-20(28)24(34-2)19(23)12-31-25(33)21-13-29-7-8-30-21/h3-11,13H,12,28H2,1-2H3,(H,31,33). The highest BCUT2D eigenvalue weighted by Crippen LogP contribution is 2.43. The fourth-order valence-corrected chi connectivity index (χ4v) is 4.04. The third-order valence-corrected chi connectivity index (χ3v) is 5.39. The fraction of sp³-hybridized carbons (Fsp3) is 0.120. The van der Waals surface area contributed by atoms with Crippen LogP contribution in [0.4, 0.5) is 10.1 Å². The molecule has 0 saturated carbocycles. The van der Waals surface area contributed by atoms with Gasteiger partial charge in [-0.3, -0.25) is 9.78 Å². The molecule has 0 saturated heterocycles. The quantitative estimate of drug-likeness (QED) is 0.304. The van der Waals surface area contributed by atoms with E-state index in [0.717, 1.165) is 22.3 Å². The van der Waals surface area contributed by atoms with Gasteiger partial charge in [0.05, 0.1) is 19.0 Å². The van der Waals surface area contributed by atoms with Crippen LogP contribution in [0, 0.1) is 12.7 Å². The topological polar surface area (TPSA) is 103 Å². The minimum Gasteiger partial charge on any atom is -0.494 e. The summed E-state index contributed by atoms with van der Waals surface area (Å²) in [5, 5.41) is 3.17. The maximum absolute atomic E-state index is 13.7. The Labute approximate surface area is 200 Å². The van der Waals surface area contributed by atoms with E-state index in [4.69, 9.17) is 22.1 Å². The van der Waals surface area contributed by atoms with Crippen molar-refractivity contribution in [3.63, 3.8) is 0 Å². The zero-order valence-corrected chi connectivity index (χ0v) is 19.2. The first kappa shape index (κ1) is 23.1. The van der Waals surface area contributed by atoms with Gasteiger partial charge >= 0.3 is 0 Å². The number of halogens is 2. The summed E-state index contributed by atoms with van der Waals surface area (Å²) in [5.41, 5.74) is 11.2. The third kappa shape index (κ3) is 4.82. The van der Waals surface area contributed by atoms with E-state index in [2.05, 4.69) is 20.3 Å². The van der Waals surface area contributed by atoms with Gasteiger partial charge in [-0.25, -0.2) is 14.4 Å². The van der Waals surface area contributed by atoms with Crippen molar-refractivity contribution in [1.82, 2.24) is 20.3 Å². The molecule has 0 atom stereocenters. The van der Waals surface area contributed by atoms with Crippen LogP contribution in [0.1, 0.15) is 21.7 Å². The molecule has 9 heteroatoms. The van der Waals surface area contributed by atoms with Crippen molar-refractivity contribution in [3.8, 4) is 28.0 Å². The lowest BCUT2D eigenvalue weighted by molar-refractivity contribution is 0.0945. The number of nitrogen functional groups attached to an aromatic ring is 1. The van der Waals surface area contributed by atoms with Crippen LogP contribution >= 0.6 is 11.6 Å². The molecule has 0 radical (unpaired) electrons. The molecule has 7 nitrogen and oxygen atoms in total. The van der Waals surface area contributed by atoms with E-state index in [-0.39, 0.29) is 18.1 Å². The summed E-state index contributed by atoms with van der Waals surface area (Å²) in [7, 11) is 1.51.